The average Bonchev–Trinajstić information content (AvgIpc) is 2.43. The van der Waals surface area contributed by atoms with Crippen LogP contribution in [0.1, 0.15) is 20.7 Å². The molecule has 2 aromatic carbocycles. The first kappa shape index (κ1) is 15.8. The quantitative estimate of drug-likeness (QED) is 0.800. The lowest BCUT2D eigenvalue weighted by atomic mass is 10.1. The topological polar surface area (TPSA) is 66.4 Å². The van der Waals surface area contributed by atoms with Gasteiger partial charge in [0.25, 0.3) is 5.91 Å². The fourth-order valence-electron chi connectivity index (χ4n) is 1.59. The largest absolute Gasteiger partial charge is 0.478 e. The number of amides is 1. The lowest BCUT2D eigenvalue weighted by Gasteiger charge is -2.09. The van der Waals surface area contributed by atoms with Crippen LogP contribution >= 0.6 is 39.1 Å². The maximum atomic E-state index is 12.1. The number of rotatable bonds is 3. The van der Waals surface area contributed by atoms with Crippen LogP contribution in [0, 0.1) is 0 Å². The summed E-state index contributed by atoms with van der Waals surface area (Å²) in [6.45, 7) is 0. The molecule has 0 aliphatic carbocycles. The molecular formula is C14H8BrCl2NO3. The molecular weight excluding hydrogens is 381 g/mol. The summed E-state index contributed by atoms with van der Waals surface area (Å²) in [4.78, 5) is 23.1. The molecule has 0 radical (unpaired) electrons. The van der Waals surface area contributed by atoms with Crippen molar-refractivity contribution in [1.29, 1.82) is 0 Å². The number of benzene rings is 2. The Morgan fingerprint density at radius 1 is 1.00 bits per heavy atom. The van der Waals surface area contributed by atoms with Crippen LogP contribution in [0.2, 0.25) is 10.0 Å². The van der Waals surface area contributed by atoms with Crippen molar-refractivity contribution in [2.24, 2.45) is 0 Å². The number of nitrogens with one attached hydrogen (secondary N) is 1. The third kappa shape index (κ3) is 3.75. The second kappa shape index (κ2) is 6.47. The van der Waals surface area contributed by atoms with Gasteiger partial charge in [0.2, 0.25) is 0 Å². The SMILES string of the molecule is O=C(O)c1ccc(Cl)c(NC(=O)c2ccc(Cl)c(Br)c2)c1. The molecule has 7 heteroatoms. The van der Waals surface area contributed by atoms with Gasteiger partial charge in [-0.2, -0.15) is 0 Å². The molecule has 0 saturated heterocycles. The summed E-state index contributed by atoms with van der Waals surface area (Å²) >= 11 is 15.0. The summed E-state index contributed by atoms with van der Waals surface area (Å²) in [6, 6.07) is 8.77. The number of halogens is 3. The van der Waals surface area contributed by atoms with Crippen LogP contribution < -0.4 is 5.32 Å². The Bertz CT molecular complexity index is 734. The highest BCUT2D eigenvalue weighted by Gasteiger charge is 2.12. The van der Waals surface area contributed by atoms with Crippen LogP contribution in [-0.4, -0.2) is 17.0 Å². The Balaban J connectivity index is 2.28. The monoisotopic (exact) mass is 387 g/mol. The number of hydrogen-bond acceptors (Lipinski definition) is 2. The molecule has 21 heavy (non-hydrogen) atoms. The van der Waals surface area contributed by atoms with Gasteiger partial charge >= 0.3 is 5.97 Å². The molecule has 0 aromatic heterocycles. The second-order valence-corrected chi connectivity index (χ2v) is 5.75. The van der Waals surface area contributed by atoms with Crippen LogP contribution in [0.3, 0.4) is 0 Å². The fourth-order valence-corrected chi connectivity index (χ4v) is 2.25. The summed E-state index contributed by atoms with van der Waals surface area (Å²) in [7, 11) is 0. The Morgan fingerprint density at radius 3 is 2.24 bits per heavy atom. The predicted octanol–water partition coefficient (Wildman–Crippen LogP) is 4.71. The van der Waals surface area contributed by atoms with E-state index in [2.05, 4.69) is 21.2 Å². The van der Waals surface area contributed by atoms with E-state index in [1.54, 1.807) is 18.2 Å². The standard InChI is InChI=1S/C14H8BrCl2NO3/c15-9-5-7(1-3-10(9)16)13(19)18-12-6-8(14(20)21)2-4-11(12)17/h1-6H,(H,18,19)(H,20,21). The maximum absolute atomic E-state index is 12.1. The van der Waals surface area contributed by atoms with Crippen molar-refractivity contribution in [3.8, 4) is 0 Å². The van der Waals surface area contributed by atoms with E-state index < -0.39 is 11.9 Å². The van der Waals surface area contributed by atoms with Crippen molar-refractivity contribution in [2.75, 3.05) is 5.32 Å². The molecule has 0 saturated carbocycles. The predicted molar refractivity (Wildman–Crippen MR) is 85.5 cm³/mol. The molecule has 0 bridgehead atoms. The van der Waals surface area contributed by atoms with E-state index >= 15 is 0 Å². The van der Waals surface area contributed by atoms with Crippen LogP contribution in [0.15, 0.2) is 40.9 Å². The first-order valence-electron chi connectivity index (χ1n) is 5.67. The number of carbonyl (C=O) groups is 2. The van der Waals surface area contributed by atoms with Gasteiger partial charge < -0.3 is 10.4 Å². The molecule has 0 spiro atoms. The van der Waals surface area contributed by atoms with Gasteiger partial charge in [-0.15, -0.1) is 0 Å². The highest BCUT2D eigenvalue weighted by Crippen LogP contribution is 2.26. The van der Waals surface area contributed by atoms with E-state index in [0.717, 1.165) is 0 Å². The van der Waals surface area contributed by atoms with Gasteiger partial charge in [0.1, 0.15) is 0 Å². The third-order valence-corrected chi connectivity index (χ3v) is 4.19. The van der Waals surface area contributed by atoms with Gasteiger partial charge in [0.15, 0.2) is 0 Å². The molecule has 0 fully saturated rings. The summed E-state index contributed by atoms with van der Waals surface area (Å²) in [5.74, 6) is -1.52. The minimum atomic E-state index is -1.10. The van der Waals surface area contributed by atoms with Crippen molar-refractivity contribution in [3.05, 3.63) is 62.0 Å². The summed E-state index contributed by atoms with van der Waals surface area (Å²) in [5, 5.41) is 12.2. The molecule has 2 N–H and O–H groups in total. The van der Waals surface area contributed by atoms with E-state index in [1.807, 2.05) is 0 Å². The normalized spacial score (nSPS) is 10.2. The Labute approximate surface area is 138 Å². The van der Waals surface area contributed by atoms with Crippen molar-refractivity contribution in [2.45, 2.75) is 0 Å². The molecule has 2 aromatic rings. The highest BCUT2D eigenvalue weighted by molar-refractivity contribution is 9.10. The lowest BCUT2D eigenvalue weighted by molar-refractivity contribution is 0.0696. The summed E-state index contributed by atoms with van der Waals surface area (Å²) < 4.78 is 0.585. The number of carbonyl (C=O) groups excluding carboxylic acids is 1. The molecule has 0 aliphatic heterocycles. The van der Waals surface area contributed by atoms with Gasteiger partial charge in [-0.05, 0) is 52.3 Å². The van der Waals surface area contributed by atoms with E-state index in [9.17, 15) is 9.59 Å². The minimum Gasteiger partial charge on any atom is -0.478 e. The second-order valence-electron chi connectivity index (χ2n) is 4.08. The number of carboxylic acids is 1. The Kier molecular flexibility index (Phi) is 4.88. The number of carboxylic acid groups (broad SMARTS) is 1. The zero-order chi connectivity index (χ0) is 15.6. The van der Waals surface area contributed by atoms with Crippen molar-refractivity contribution in [3.63, 3.8) is 0 Å². The van der Waals surface area contributed by atoms with Crippen LogP contribution in [0.4, 0.5) is 5.69 Å². The summed E-state index contributed by atoms with van der Waals surface area (Å²) in [6.07, 6.45) is 0. The van der Waals surface area contributed by atoms with E-state index in [4.69, 9.17) is 28.3 Å². The number of anilines is 1. The molecule has 4 nitrogen and oxygen atoms in total. The average molecular weight is 389 g/mol. The van der Waals surface area contributed by atoms with E-state index in [1.165, 1.54) is 18.2 Å². The van der Waals surface area contributed by atoms with Crippen molar-refractivity contribution in [1.82, 2.24) is 0 Å². The van der Waals surface area contributed by atoms with Crippen LogP contribution in [0.5, 0.6) is 0 Å². The minimum absolute atomic E-state index is 0.0342. The smallest absolute Gasteiger partial charge is 0.335 e. The van der Waals surface area contributed by atoms with Crippen molar-refractivity contribution >= 4 is 56.7 Å². The zero-order valence-electron chi connectivity index (χ0n) is 10.4. The molecule has 1 amide bonds. The van der Waals surface area contributed by atoms with Gasteiger partial charge in [0.05, 0.1) is 21.3 Å². The molecule has 0 unspecified atom stereocenters. The first-order chi connectivity index (χ1) is 9.88. The van der Waals surface area contributed by atoms with E-state index in [-0.39, 0.29) is 16.3 Å². The van der Waals surface area contributed by atoms with Gasteiger partial charge in [-0.3, -0.25) is 4.79 Å². The zero-order valence-corrected chi connectivity index (χ0v) is 13.5. The third-order valence-electron chi connectivity index (χ3n) is 2.64. The summed E-state index contributed by atoms with van der Waals surface area (Å²) in [5.41, 5.74) is 0.627. The number of hydrogen-bond donors (Lipinski definition) is 2. The lowest BCUT2D eigenvalue weighted by Crippen LogP contribution is -2.13. The molecule has 108 valence electrons. The molecule has 0 atom stereocenters. The van der Waals surface area contributed by atoms with Crippen LogP contribution in [-0.2, 0) is 0 Å². The van der Waals surface area contributed by atoms with Crippen LogP contribution in [0.25, 0.3) is 0 Å². The van der Waals surface area contributed by atoms with Crippen molar-refractivity contribution < 1.29 is 14.7 Å². The maximum Gasteiger partial charge on any atom is 0.335 e. The molecule has 0 heterocycles. The van der Waals surface area contributed by atoms with E-state index in [0.29, 0.717) is 15.1 Å². The Hall–Kier alpha value is -1.56. The number of aromatic carboxylic acids is 1. The molecule has 0 aliphatic rings. The first-order valence-corrected chi connectivity index (χ1v) is 7.22. The fraction of sp³-hybridized carbons (Fsp3) is 0. The van der Waals surface area contributed by atoms with Gasteiger partial charge in [-0.25, -0.2) is 4.79 Å². The van der Waals surface area contributed by atoms with Gasteiger partial charge in [0, 0.05) is 10.0 Å². The molecule has 2 rings (SSSR count). The Morgan fingerprint density at radius 2 is 1.62 bits per heavy atom. The highest BCUT2D eigenvalue weighted by atomic mass is 79.9. The van der Waals surface area contributed by atoms with Gasteiger partial charge in [-0.1, -0.05) is 23.2 Å².